The van der Waals surface area contributed by atoms with E-state index in [2.05, 4.69) is 10.6 Å². The number of rotatable bonds is 7. The van der Waals surface area contributed by atoms with Gasteiger partial charge in [0, 0.05) is 11.3 Å². The first-order chi connectivity index (χ1) is 15.6. The van der Waals surface area contributed by atoms with Gasteiger partial charge in [0.1, 0.15) is 18.2 Å². The molecule has 3 rings (SSSR count). The smallest absolute Gasteiger partial charge is 0.416 e. The Hall–Kier alpha value is -3.88. The molecule has 33 heavy (non-hydrogen) atoms. The summed E-state index contributed by atoms with van der Waals surface area (Å²) in [5.41, 5.74) is 0.408. The fourth-order valence-electron chi connectivity index (χ4n) is 2.91. The van der Waals surface area contributed by atoms with E-state index in [-0.39, 0.29) is 30.0 Å². The van der Waals surface area contributed by atoms with Crippen LogP contribution in [0.2, 0.25) is 0 Å². The number of aryl methyl sites for hydroxylation is 1. The van der Waals surface area contributed by atoms with E-state index in [1.54, 1.807) is 25.1 Å². The lowest BCUT2D eigenvalue weighted by Crippen LogP contribution is -2.28. The largest absolute Gasteiger partial charge is 0.492 e. The van der Waals surface area contributed by atoms with Gasteiger partial charge in [0.05, 0.1) is 17.7 Å². The van der Waals surface area contributed by atoms with Gasteiger partial charge >= 0.3 is 6.18 Å². The number of hydrogen-bond donors (Lipinski definition) is 2. The van der Waals surface area contributed by atoms with Crippen LogP contribution in [-0.2, 0) is 6.18 Å². The molecule has 0 heterocycles. The summed E-state index contributed by atoms with van der Waals surface area (Å²) in [7, 11) is 0. The summed E-state index contributed by atoms with van der Waals surface area (Å²) in [5.74, 6) is -1.49. The van der Waals surface area contributed by atoms with Crippen LogP contribution in [0.5, 0.6) is 5.75 Å². The van der Waals surface area contributed by atoms with E-state index in [1.807, 2.05) is 0 Å². The molecule has 0 fully saturated rings. The van der Waals surface area contributed by atoms with Gasteiger partial charge < -0.3 is 15.4 Å². The van der Waals surface area contributed by atoms with Crippen LogP contribution in [0.15, 0.2) is 66.7 Å². The zero-order valence-corrected chi connectivity index (χ0v) is 17.5. The molecular formula is C24H20F4N2O3. The Morgan fingerprint density at radius 3 is 2.30 bits per heavy atom. The minimum Gasteiger partial charge on any atom is -0.492 e. The van der Waals surface area contributed by atoms with E-state index in [9.17, 15) is 27.2 Å². The number of alkyl halides is 3. The van der Waals surface area contributed by atoms with Crippen LogP contribution in [0, 0.1) is 12.7 Å². The minimum atomic E-state index is -4.42. The summed E-state index contributed by atoms with van der Waals surface area (Å²) in [5, 5.41) is 5.23. The van der Waals surface area contributed by atoms with Gasteiger partial charge in [0.25, 0.3) is 11.8 Å². The highest BCUT2D eigenvalue weighted by atomic mass is 19.4. The number of anilines is 1. The van der Waals surface area contributed by atoms with Crippen LogP contribution in [0.1, 0.15) is 31.8 Å². The number of carbonyl (C=O) groups excluding carboxylic acids is 2. The van der Waals surface area contributed by atoms with Crippen molar-refractivity contribution in [2.45, 2.75) is 13.1 Å². The van der Waals surface area contributed by atoms with Crippen molar-refractivity contribution in [3.05, 3.63) is 94.8 Å². The van der Waals surface area contributed by atoms with E-state index in [4.69, 9.17) is 4.74 Å². The van der Waals surface area contributed by atoms with Gasteiger partial charge in [-0.05, 0) is 61.0 Å². The van der Waals surface area contributed by atoms with Crippen molar-refractivity contribution < 1.29 is 31.9 Å². The number of hydrogen-bond acceptors (Lipinski definition) is 3. The normalized spacial score (nSPS) is 11.1. The van der Waals surface area contributed by atoms with Gasteiger partial charge in [-0.1, -0.05) is 18.2 Å². The quantitative estimate of drug-likeness (QED) is 0.376. The van der Waals surface area contributed by atoms with Gasteiger partial charge in [-0.2, -0.15) is 13.2 Å². The molecule has 3 aromatic carbocycles. The molecule has 0 aliphatic rings. The SMILES string of the molecule is Cc1ccc(C(=O)NCCOc2ccc(C(F)(F)F)cc2)cc1NC(=O)c1ccccc1F. The number of nitrogens with one attached hydrogen (secondary N) is 2. The van der Waals surface area contributed by atoms with Gasteiger partial charge in [0.15, 0.2) is 0 Å². The van der Waals surface area contributed by atoms with E-state index in [0.717, 1.165) is 12.1 Å². The standard InChI is InChI=1S/C24H20F4N2O3/c1-15-6-7-16(14-21(15)30-23(32)19-4-2-3-5-20(19)25)22(31)29-12-13-33-18-10-8-17(9-11-18)24(26,27)28/h2-11,14H,12-13H2,1H3,(H,29,31)(H,30,32). The van der Waals surface area contributed by atoms with Crippen LogP contribution in [0.25, 0.3) is 0 Å². The first-order valence-corrected chi connectivity index (χ1v) is 9.90. The molecule has 0 saturated carbocycles. The second kappa shape index (κ2) is 10.2. The lowest BCUT2D eigenvalue weighted by atomic mass is 10.1. The maximum atomic E-state index is 13.8. The predicted octanol–water partition coefficient (Wildman–Crippen LogP) is 5.21. The summed E-state index contributed by atoms with van der Waals surface area (Å²) >= 11 is 0. The molecule has 172 valence electrons. The summed E-state index contributed by atoms with van der Waals surface area (Å²) in [6.07, 6.45) is -4.42. The zero-order valence-electron chi connectivity index (χ0n) is 17.5. The minimum absolute atomic E-state index is 0.0415. The monoisotopic (exact) mass is 460 g/mol. The van der Waals surface area contributed by atoms with E-state index >= 15 is 0 Å². The Morgan fingerprint density at radius 1 is 0.939 bits per heavy atom. The summed E-state index contributed by atoms with van der Waals surface area (Å²) in [6, 6.07) is 14.5. The number of ether oxygens (including phenoxy) is 1. The van der Waals surface area contributed by atoms with Gasteiger partial charge in [-0.3, -0.25) is 9.59 Å². The average molecular weight is 460 g/mol. The van der Waals surface area contributed by atoms with Crippen molar-refractivity contribution in [3.63, 3.8) is 0 Å². The Morgan fingerprint density at radius 2 is 1.64 bits per heavy atom. The highest BCUT2D eigenvalue weighted by Crippen LogP contribution is 2.30. The maximum absolute atomic E-state index is 13.8. The van der Waals surface area contributed by atoms with E-state index in [0.29, 0.717) is 11.3 Å². The molecular weight excluding hydrogens is 440 g/mol. The van der Waals surface area contributed by atoms with Crippen molar-refractivity contribution >= 4 is 17.5 Å². The van der Waals surface area contributed by atoms with Gasteiger partial charge in [-0.15, -0.1) is 0 Å². The molecule has 3 aromatic rings. The lowest BCUT2D eigenvalue weighted by Gasteiger charge is -2.12. The van der Waals surface area contributed by atoms with Crippen molar-refractivity contribution in [2.24, 2.45) is 0 Å². The van der Waals surface area contributed by atoms with Gasteiger partial charge in [-0.25, -0.2) is 4.39 Å². The lowest BCUT2D eigenvalue weighted by molar-refractivity contribution is -0.137. The molecule has 0 bridgehead atoms. The van der Waals surface area contributed by atoms with E-state index in [1.165, 1.54) is 36.4 Å². The molecule has 2 amide bonds. The molecule has 9 heteroatoms. The molecule has 0 radical (unpaired) electrons. The third-order valence-electron chi connectivity index (χ3n) is 4.70. The van der Waals surface area contributed by atoms with Crippen LogP contribution in [-0.4, -0.2) is 25.0 Å². The fourth-order valence-corrected chi connectivity index (χ4v) is 2.91. The molecule has 0 aromatic heterocycles. The van der Waals surface area contributed by atoms with Crippen molar-refractivity contribution in [2.75, 3.05) is 18.5 Å². The third kappa shape index (κ3) is 6.31. The Kier molecular flexibility index (Phi) is 7.32. The van der Waals surface area contributed by atoms with Crippen LogP contribution in [0.3, 0.4) is 0 Å². The first-order valence-electron chi connectivity index (χ1n) is 9.90. The highest BCUT2D eigenvalue weighted by Gasteiger charge is 2.30. The van der Waals surface area contributed by atoms with Gasteiger partial charge in [0.2, 0.25) is 0 Å². The van der Waals surface area contributed by atoms with Crippen molar-refractivity contribution in [3.8, 4) is 5.75 Å². The summed E-state index contributed by atoms with van der Waals surface area (Å²) in [4.78, 5) is 24.8. The number of carbonyl (C=O) groups is 2. The molecule has 0 aliphatic heterocycles. The van der Waals surface area contributed by atoms with Crippen LogP contribution >= 0.6 is 0 Å². The number of amides is 2. The second-order valence-corrected chi connectivity index (χ2v) is 7.09. The van der Waals surface area contributed by atoms with E-state index < -0.39 is 29.4 Å². The third-order valence-corrected chi connectivity index (χ3v) is 4.70. The second-order valence-electron chi connectivity index (χ2n) is 7.09. The Bertz CT molecular complexity index is 1150. The summed E-state index contributed by atoms with van der Waals surface area (Å²) in [6.45, 7) is 1.88. The highest BCUT2D eigenvalue weighted by molar-refractivity contribution is 6.05. The topological polar surface area (TPSA) is 67.4 Å². The molecule has 0 unspecified atom stereocenters. The molecule has 0 saturated heterocycles. The first kappa shape index (κ1) is 23.8. The van der Waals surface area contributed by atoms with Crippen molar-refractivity contribution in [1.29, 1.82) is 0 Å². The molecule has 5 nitrogen and oxygen atoms in total. The molecule has 2 N–H and O–H groups in total. The fraction of sp³-hybridized carbons (Fsp3) is 0.167. The van der Waals surface area contributed by atoms with Crippen molar-refractivity contribution in [1.82, 2.24) is 5.32 Å². The molecule has 0 aliphatic carbocycles. The average Bonchev–Trinajstić information content (AvgIpc) is 2.78. The Balaban J connectivity index is 1.55. The molecule has 0 spiro atoms. The zero-order chi connectivity index (χ0) is 24.0. The molecule has 0 atom stereocenters. The maximum Gasteiger partial charge on any atom is 0.416 e. The summed E-state index contributed by atoms with van der Waals surface area (Å²) < 4.78 is 56.9. The Labute approximate surface area is 187 Å². The number of halogens is 4. The van der Waals surface area contributed by atoms with Crippen LogP contribution in [0.4, 0.5) is 23.2 Å². The predicted molar refractivity (Wildman–Crippen MR) is 115 cm³/mol. The van der Waals surface area contributed by atoms with Crippen LogP contribution < -0.4 is 15.4 Å². The number of benzene rings is 3.